The van der Waals surface area contributed by atoms with E-state index >= 15 is 0 Å². The molecule has 0 unspecified atom stereocenters. The van der Waals surface area contributed by atoms with E-state index in [9.17, 15) is 4.79 Å². The Balaban J connectivity index is 0.000000226. The van der Waals surface area contributed by atoms with Crippen molar-refractivity contribution in [1.82, 2.24) is 0 Å². The lowest BCUT2D eigenvalue weighted by Crippen LogP contribution is -2.14. The summed E-state index contributed by atoms with van der Waals surface area (Å²) >= 11 is 0. The quantitative estimate of drug-likeness (QED) is 0.660. The highest BCUT2D eigenvalue weighted by molar-refractivity contribution is 5.70. The van der Waals surface area contributed by atoms with E-state index < -0.39 is 0 Å². The molecule has 0 radical (unpaired) electrons. The van der Waals surface area contributed by atoms with E-state index in [1.165, 1.54) is 12.7 Å². The zero-order valence-corrected chi connectivity index (χ0v) is 7.99. The van der Waals surface area contributed by atoms with Crippen LogP contribution in [0.15, 0.2) is 30.3 Å². The first-order valence-electron chi connectivity index (χ1n) is 3.99. The molecule has 0 amide bonds. The molecule has 0 saturated carbocycles. The molecule has 72 valence electrons. The van der Waals surface area contributed by atoms with E-state index in [2.05, 4.69) is 23.8 Å². The molecule has 0 spiro atoms. The Morgan fingerprint density at radius 3 is 2.08 bits per heavy atom. The lowest BCUT2D eigenvalue weighted by atomic mass is 10.2. The Labute approximate surface area is 78.5 Å². The van der Waals surface area contributed by atoms with Crippen LogP contribution >= 0.6 is 0 Å². The van der Waals surface area contributed by atoms with Crippen LogP contribution in [0.5, 0.6) is 0 Å². The number of carbonyl (C=O) groups excluding carboxylic acids is 1. The Kier molecular flexibility index (Phi) is 6.55. The van der Waals surface area contributed by atoms with Gasteiger partial charge in [0.15, 0.2) is 0 Å². The van der Waals surface area contributed by atoms with Gasteiger partial charge in [0.05, 0.1) is 13.7 Å². The molecular weight excluding hydrogens is 166 g/mol. The molecule has 0 atom stereocenters. The molecule has 13 heavy (non-hydrogen) atoms. The molecule has 3 heteroatoms. The van der Waals surface area contributed by atoms with Crippen LogP contribution in [0.3, 0.4) is 0 Å². The molecule has 1 aromatic carbocycles. The van der Waals surface area contributed by atoms with E-state index in [-0.39, 0.29) is 12.5 Å². The van der Waals surface area contributed by atoms with Crippen LogP contribution in [0, 0.1) is 6.92 Å². The number of aryl methyl sites for hydroxylation is 1. The normalized spacial score (nSPS) is 8.23. The van der Waals surface area contributed by atoms with Gasteiger partial charge < -0.3 is 10.5 Å². The second-order valence-corrected chi connectivity index (χ2v) is 2.43. The summed E-state index contributed by atoms with van der Waals surface area (Å²) in [5.41, 5.74) is 6.13. The molecular formula is C10H15NO2. The number of carbonyl (C=O) groups is 1. The maximum atomic E-state index is 9.83. The molecule has 0 aliphatic carbocycles. The Morgan fingerprint density at radius 1 is 1.38 bits per heavy atom. The maximum absolute atomic E-state index is 9.83. The third kappa shape index (κ3) is 7.03. The first kappa shape index (κ1) is 11.6. The van der Waals surface area contributed by atoms with Crippen molar-refractivity contribution in [3.63, 3.8) is 0 Å². The van der Waals surface area contributed by atoms with E-state index in [0.29, 0.717) is 0 Å². The predicted octanol–water partition coefficient (Wildman–Crippen LogP) is 1.11. The lowest BCUT2D eigenvalue weighted by molar-refractivity contribution is -0.138. The molecule has 0 heterocycles. The summed E-state index contributed by atoms with van der Waals surface area (Å²) in [6.07, 6.45) is 0. The summed E-state index contributed by atoms with van der Waals surface area (Å²) in [5.74, 6) is -0.380. The molecule has 0 saturated heterocycles. The summed E-state index contributed by atoms with van der Waals surface area (Å²) in [6, 6.07) is 10.3. The summed E-state index contributed by atoms with van der Waals surface area (Å²) in [5, 5.41) is 0. The number of hydrogen-bond donors (Lipinski definition) is 1. The fraction of sp³-hybridized carbons (Fsp3) is 0.300. The van der Waals surface area contributed by atoms with Crippen LogP contribution in [0.2, 0.25) is 0 Å². The van der Waals surface area contributed by atoms with Crippen molar-refractivity contribution in [2.75, 3.05) is 13.7 Å². The number of methoxy groups -OCH3 is 1. The van der Waals surface area contributed by atoms with Gasteiger partial charge in [-0.2, -0.15) is 0 Å². The van der Waals surface area contributed by atoms with Crippen molar-refractivity contribution in [2.24, 2.45) is 5.73 Å². The van der Waals surface area contributed by atoms with Gasteiger partial charge in [0, 0.05) is 0 Å². The minimum absolute atomic E-state index is 0.0312. The van der Waals surface area contributed by atoms with Crippen molar-refractivity contribution in [1.29, 1.82) is 0 Å². The van der Waals surface area contributed by atoms with Crippen LogP contribution in [-0.4, -0.2) is 19.6 Å². The topological polar surface area (TPSA) is 52.3 Å². The summed E-state index contributed by atoms with van der Waals surface area (Å²) in [4.78, 5) is 9.83. The summed E-state index contributed by atoms with van der Waals surface area (Å²) in [6.45, 7) is 2.05. The molecule has 0 bridgehead atoms. The molecule has 0 aromatic heterocycles. The first-order chi connectivity index (χ1) is 6.20. The second-order valence-electron chi connectivity index (χ2n) is 2.43. The van der Waals surface area contributed by atoms with E-state index in [4.69, 9.17) is 5.73 Å². The molecule has 1 rings (SSSR count). The minimum atomic E-state index is -0.380. The Bertz CT molecular complexity index is 228. The fourth-order valence-corrected chi connectivity index (χ4v) is 0.618. The number of rotatable bonds is 1. The lowest BCUT2D eigenvalue weighted by Gasteiger charge is -1.87. The Morgan fingerprint density at radius 2 is 1.92 bits per heavy atom. The maximum Gasteiger partial charge on any atom is 0.319 e. The third-order valence-electron chi connectivity index (χ3n) is 1.33. The van der Waals surface area contributed by atoms with Gasteiger partial charge >= 0.3 is 5.97 Å². The predicted molar refractivity (Wildman–Crippen MR) is 52.2 cm³/mol. The smallest absolute Gasteiger partial charge is 0.319 e. The van der Waals surface area contributed by atoms with Crippen molar-refractivity contribution in [2.45, 2.75) is 6.92 Å². The number of esters is 1. The standard InChI is InChI=1S/C7H8.C3H7NO2/c1-7-5-3-2-4-6-7;1-6-3(5)2-4/h2-6H,1H3;2,4H2,1H3. The van der Waals surface area contributed by atoms with Crippen molar-refractivity contribution < 1.29 is 9.53 Å². The molecule has 0 aliphatic rings. The average molecular weight is 181 g/mol. The molecule has 0 fully saturated rings. The van der Waals surface area contributed by atoms with Gasteiger partial charge in [0.25, 0.3) is 0 Å². The van der Waals surface area contributed by atoms with Crippen LogP contribution in [0.1, 0.15) is 5.56 Å². The van der Waals surface area contributed by atoms with Crippen LogP contribution in [-0.2, 0) is 9.53 Å². The monoisotopic (exact) mass is 181 g/mol. The molecule has 2 N–H and O–H groups in total. The number of nitrogens with two attached hydrogens (primary N) is 1. The van der Waals surface area contributed by atoms with E-state index in [0.717, 1.165) is 0 Å². The Hall–Kier alpha value is -1.35. The van der Waals surface area contributed by atoms with E-state index in [1.807, 2.05) is 18.2 Å². The molecule has 1 aromatic rings. The highest BCUT2D eigenvalue weighted by Gasteiger charge is 1.87. The van der Waals surface area contributed by atoms with Crippen LogP contribution in [0.25, 0.3) is 0 Å². The highest BCUT2D eigenvalue weighted by Crippen LogP contribution is 1.92. The summed E-state index contributed by atoms with van der Waals surface area (Å²) < 4.78 is 4.14. The number of hydrogen-bond acceptors (Lipinski definition) is 3. The van der Waals surface area contributed by atoms with Gasteiger partial charge in [-0.05, 0) is 6.92 Å². The highest BCUT2D eigenvalue weighted by atomic mass is 16.5. The van der Waals surface area contributed by atoms with Crippen LogP contribution < -0.4 is 5.73 Å². The van der Waals surface area contributed by atoms with Gasteiger partial charge in [0.2, 0.25) is 0 Å². The van der Waals surface area contributed by atoms with Gasteiger partial charge in [-0.15, -0.1) is 0 Å². The average Bonchev–Trinajstić information content (AvgIpc) is 2.19. The van der Waals surface area contributed by atoms with Gasteiger partial charge in [-0.3, -0.25) is 4.79 Å². The fourth-order valence-electron chi connectivity index (χ4n) is 0.618. The SMILES string of the molecule is COC(=O)CN.Cc1ccccc1. The van der Waals surface area contributed by atoms with Crippen molar-refractivity contribution in [3.05, 3.63) is 35.9 Å². The van der Waals surface area contributed by atoms with Gasteiger partial charge in [-0.25, -0.2) is 0 Å². The number of benzene rings is 1. The zero-order chi connectivity index (χ0) is 10.1. The largest absolute Gasteiger partial charge is 0.468 e. The van der Waals surface area contributed by atoms with Crippen molar-refractivity contribution in [3.8, 4) is 0 Å². The van der Waals surface area contributed by atoms with E-state index in [1.54, 1.807) is 0 Å². The third-order valence-corrected chi connectivity index (χ3v) is 1.33. The van der Waals surface area contributed by atoms with Gasteiger partial charge in [-0.1, -0.05) is 35.9 Å². The van der Waals surface area contributed by atoms with Crippen LogP contribution in [0.4, 0.5) is 0 Å². The number of ether oxygens (including phenoxy) is 1. The minimum Gasteiger partial charge on any atom is -0.468 e. The molecule has 0 aliphatic heterocycles. The first-order valence-corrected chi connectivity index (χ1v) is 3.99. The second kappa shape index (κ2) is 7.31. The zero-order valence-electron chi connectivity index (χ0n) is 7.99. The summed E-state index contributed by atoms with van der Waals surface area (Å²) in [7, 11) is 1.30. The molecule has 3 nitrogen and oxygen atoms in total. The van der Waals surface area contributed by atoms with Gasteiger partial charge in [0.1, 0.15) is 0 Å². The van der Waals surface area contributed by atoms with Crippen molar-refractivity contribution >= 4 is 5.97 Å².